The van der Waals surface area contributed by atoms with Crippen LogP contribution >= 0.6 is 0 Å². The minimum atomic E-state index is 0.970. The quantitative estimate of drug-likeness (QED) is 0.423. The second kappa shape index (κ2) is 3.20. The van der Waals surface area contributed by atoms with Gasteiger partial charge in [0.2, 0.25) is 6.33 Å². The van der Waals surface area contributed by atoms with Crippen LogP contribution in [0.2, 0.25) is 0 Å². The van der Waals surface area contributed by atoms with Crippen molar-refractivity contribution in [3.63, 3.8) is 0 Å². The summed E-state index contributed by atoms with van der Waals surface area (Å²) < 4.78 is 4.16. The fourth-order valence-electron chi connectivity index (χ4n) is 0.837. The van der Waals surface area contributed by atoms with E-state index in [0.29, 0.717) is 0 Å². The smallest absolute Gasteiger partial charge is 0.240 e. The molecule has 0 saturated carbocycles. The monoisotopic (exact) mass is 137 g/mol. The number of hydrogen-bond donors (Lipinski definition) is 0. The van der Waals surface area contributed by atoms with E-state index in [1.807, 2.05) is 24.7 Å². The van der Waals surface area contributed by atoms with Crippen LogP contribution in [-0.2, 0) is 13.6 Å². The molecule has 0 radical (unpaired) electrons. The third-order valence-electron chi connectivity index (χ3n) is 1.38. The number of imidazole rings is 1. The number of nitrogens with zero attached hydrogens (tertiary/aromatic N) is 2. The lowest BCUT2D eigenvalue weighted by atomic mass is 10.5. The van der Waals surface area contributed by atoms with Crippen LogP contribution in [0.1, 0.15) is 6.92 Å². The summed E-state index contributed by atoms with van der Waals surface area (Å²) in [4.78, 5) is 0. The molecule has 2 nitrogen and oxygen atoms in total. The predicted molar refractivity (Wildman–Crippen MR) is 40.4 cm³/mol. The van der Waals surface area contributed by atoms with Crippen LogP contribution in [-0.4, -0.2) is 4.57 Å². The Balaban J connectivity index is 2.58. The van der Waals surface area contributed by atoms with E-state index in [1.165, 1.54) is 0 Å². The highest BCUT2D eigenvalue weighted by Gasteiger charge is 1.94. The standard InChI is InChI=1S/C8H13N2/c1-3-4-5-10-7-6-9(2)8-10/h3-4,6-8H,5H2,1-2H3/q+1/b4-3+. The van der Waals surface area contributed by atoms with Crippen molar-refractivity contribution in [2.45, 2.75) is 13.5 Å². The molecule has 0 saturated heterocycles. The lowest BCUT2D eigenvalue weighted by Crippen LogP contribution is -2.23. The second-order valence-corrected chi connectivity index (χ2v) is 2.34. The summed E-state index contributed by atoms with van der Waals surface area (Å²) in [6.45, 7) is 3.00. The Morgan fingerprint density at radius 3 is 2.90 bits per heavy atom. The van der Waals surface area contributed by atoms with Crippen molar-refractivity contribution in [2.75, 3.05) is 0 Å². The van der Waals surface area contributed by atoms with Gasteiger partial charge in [0.25, 0.3) is 0 Å². The Morgan fingerprint density at radius 2 is 2.40 bits per heavy atom. The maximum atomic E-state index is 2.12. The number of hydrogen-bond acceptors (Lipinski definition) is 0. The number of rotatable bonds is 2. The highest BCUT2D eigenvalue weighted by molar-refractivity contribution is 4.79. The fraction of sp³-hybridized carbons (Fsp3) is 0.375. The minimum absolute atomic E-state index is 0.970. The van der Waals surface area contributed by atoms with Crippen LogP contribution in [0.3, 0.4) is 0 Å². The second-order valence-electron chi connectivity index (χ2n) is 2.34. The summed E-state index contributed by atoms with van der Waals surface area (Å²) in [6, 6.07) is 0. The van der Waals surface area contributed by atoms with Crippen LogP contribution in [0.25, 0.3) is 0 Å². The zero-order chi connectivity index (χ0) is 7.40. The molecule has 0 unspecified atom stereocenters. The molecule has 0 atom stereocenters. The first kappa shape index (κ1) is 7.06. The maximum absolute atomic E-state index is 2.12. The van der Waals surface area contributed by atoms with Gasteiger partial charge in [-0.05, 0) is 13.0 Å². The molecule has 54 valence electrons. The van der Waals surface area contributed by atoms with Crippen molar-refractivity contribution in [2.24, 2.45) is 7.05 Å². The number of aryl methyl sites for hydroxylation is 1. The molecule has 0 amide bonds. The third kappa shape index (κ3) is 1.72. The average Bonchev–Trinajstić information content (AvgIpc) is 2.31. The molecule has 0 aliphatic carbocycles. The molecule has 1 heterocycles. The Hall–Kier alpha value is -1.05. The van der Waals surface area contributed by atoms with Gasteiger partial charge in [-0.2, -0.15) is 0 Å². The summed E-state index contributed by atoms with van der Waals surface area (Å²) in [5, 5.41) is 0. The highest BCUT2D eigenvalue weighted by atomic mass is 15.1. The van der Waals surface area contributed by atoms with Crippen molar-refractivity contribution in [1.82, 2.24) is 4.57 Å². The maximum Gasteiger partial charge on any atom is 0.243 e. The van der Waals surface area contributed by atoms with E-state index >= 15 is 0 Å². The van der Waals surface area contributed by atoms with Gasteiger partial charge in [-0.1, -0.05) is 6.08 Å². The van der Waals surface area contributed by atoms with Gasteiger partial charge in [0.15, 0.2) is 0 Å². The van der Waals surface area contributed by atoms with Gasteiger partial charge in [0.1, 0.15) is 18.9 Å². The summed E-state index contributed by atoms with van der Waals surface area (Å²) in [5.41, 5.74) is 0. The number of allylic oxidation sites excluding steroid dienone is 2. The molecule has 0 bridgehead atoms. The molecule has 0 spiro atoms. The predicted octanol–water partition coefficient (Wildman–Crippen LogP) is 0.889. The van der Waals surface area contributed by atoms with Crippen LogP contribution < -0.4 is 4.57 Å². The van der Waals surface area contributed by atoms with E-state index in [2.05, 4.69) is 29.2 Å². The summed E-state index contributed by atoms with van der Waals surface area (Å²) in [7, 11) is 2.02. The van der Waals surface area contributed by atoms with E-state index in [0.717, 1.165) is 6.54 Å². The van der Waals surface area contributed by atoms with Crippen LogP contribution in [0, 0.1) is 0 Å². The highest BCUT2D eigenvalue weighted by Crippen LogP contribution is 1.83. The van der Waals surface area contributed by atoms with E-state index < -0.39 is 0 Å². The Morgan fingerprint density at radius 1 is 1.60 bits per heavy atom. The van der Waals surface area contributed by atoms with Gasteiger partial charge in [-0.25, -0.2) is 9.13 Å². The molecule has 2 heteroatoms. The van der Waals surface area contributed by atoms with Gasteiger partial charge < -0.3 is 0 Å². The van der Waals surface area contributed by atoms with Crippen molar-refractivity contribution >= 4 is 0 Å². The third-order valence-corrected chi connectivity index (χ3v) is 1.38. The van der Waals surface area contributed by atoms with Gasteiger partial charge in [0.05, 0.1) is 7.05 Å². The van der Waals surface area contributed by atoms with Crippen molar-refractivity contribution < 1.29 is 4.57 Å². The van der Waals surface area contributed by atoms with Crippen molar-refractivity contribution in [3.8, 4) is 0 Å². The van der Waals surface area contributed by atoms with Crippen LogP contribution in [0.4, 0.5) is 0 Å². The van der Waals surface area contributed by atoms with E-state index in [-0.39, 0.29) is 0 Å². The van der Waals surface area contributed by atoms with Gasteiger partial charge >= 0.3 is 0 Å². The van der Waals surface area contributed by atoms with Gasteiger partial charge in [-0.3, -0.25) is 0 Å². The van der Waals surface area contributed by atoms with Crippen molar-refractivity contribution in [1.29, 1.82) is 0 Å². The van der Waals surface area contributed by atoms with Crippen LogP contribution in [0.15, 0.2) is 30.9 Å². The topological polar surface area (TPSA) is 8.81 Å². The molecule has 0 aromatic carbocycles. The molecule has 0 aliphatic rings. The SMILES string of the molecule is C/C=C/Cn1cc[n+](C)c1. The molecule has 0 fully saturated rings. The Labute approximate surface area is 61.4 Å². The first-order chi connectivity index (χ1) is 4.83. The fourth-order valence-corrected chi connectivity index (χ4v) is 0.837. The van der Waals surface area contributed by atoms with Crippen molar-refractivity contribution in [3.05, 3.63) is 30.9 Å². The summed E-state index contributed by atoms with van der Waals surface area (Å²) in [5.74, 6) is 0. The Kier molecular flexibility index (Phi) is 2.26. The van der Waals surface area contributed by atoms with E-state index in [1.54, 1.807) is 0 Å². The van der Waals surface area contributed by atoms with Gasteiger partial charge in [0, 0.05) is 0 Å². The Bertz CT molecular complexity index is 223. The zero-order valence-electron chi connectivity index (χ0n) is 6.49. The van der Waals surface area contributed by atoms with E-state index in [9.17, 15) is 0 Å². The molecule has 1 aromatic rings. The number of aromatic nitrogens is 2. The minimum Gasteiger partial charge on any atom is -0.240 e. The normalized spacial score (nSPS) is 11.0. The zero-order valence-corrected chi connectivity index (χ0v) is 6.49. The molecule has 10 heavy (non-hydrogen) atoms. The van der Waals surface area contributed by atoms with Crippen LogP contribution in [0.5, 0.6) is 0 Å². The molecule has 1 rings (SSSR count). The molecular weight excluding hydrogens is 124 g/mol. The van der Waals surface area contributed by atoms with E-state index in [4.69, 9.17) is 0 Å². The van der Waals surface area contributed by atoms with Gasteiger partial charge in [-0.15, -0.1) is 0 Å². The first-order valence-corrected chi connectivity index (χ1v) is 3.45. The summed E-state index contributed by atoms with van der Waals surface area (Å²) >= 11 is 0. The lowest BCUT2D eigenvalue weighted by Gasteiger charge is -1.84. The molecular formula is C8H13N2+. The molecule has 1 aromatic heterocycles. The lowest BCUT2D eigenvalue weighted by molar-refractivity contribution is -0.671. The average molecular weight is 137 g/mol. The first-order valence-electron chi connectivity index (χ1n) is 3.45. The molecule has 0 aliphatic heterocycles. The molecule has 0 N–H and O–H groups in total. The summed E-state index contributed by atoms with van der Waals surface area (Å²) in [6.07, 6.45) is 10.3. The largest absolute Gasteiger partial charge is 0.243 e.